The van der Waals surface area contributed by atoms with E-state index in [9.17, 15) is 0 Å². The fraction of sp³-hybridized carbons (Fsp3) is 0.462. The van der Waals surface area contributed by atoms with Crippen molar-refractivity contribution in [2.45, 2.75) is 26.3 Å². The molecule has 17 heavy (non-hydrogen) atoms. The highest BCUT2D eigenvalue weighted by molar-refractivity contribution is 5.78. The molecule has 0 unspecified atom stereocenters. The predicted octanol–water partition coefficient (Wildman–Crippen LogP) is 2.44. The summed E-state index contributed by atoms with van der Waals surface area (Å²) in [5.41, 5.74) is 7.91. The molecule has 2 rings (SSSR count). The maximum Gasteiger partial charge on any atom is 0.201 e. The zero-order valence-electron chi connectivity index (χ0n) is 10.2. The van der Waals surface area contributed by atoms with E-state index in [-0.39, 0.29) is 0 Å². The molecule has 0 amide bonds. The van der Waals surface area contributed by atoms with Crippen molar-refractivity contribution >= 4 is 17.0 Å². The highest BCUT2D eigenvalue weighted by atomic mass is 16.5. The van der Waals surface area contributed by atoms with E-state index in [0.29, 0.717) is 12.6 Å². The molecule has 2 aromatic rings. The Balaban J connectivity index is 2.00. The summed E-state index contributed by atoms with van der Waals surface area (Å²) in [6.45, 7) is 4.42. The van der Waals surface area contributed by atoms with Gasteiger partial charge in [0.1, 0.15) is 0 Å². The second-order valence-electron chi connectivity index (χ2n) is 4.08. The van der Waals surface area contributed by atoms with Gasteiger partial charge in [0.05, 0.1) is 17.6 Å². The van der Waals surface area contributed by atoms with Gasteiger partial charge < -0.3 is 15.0 Å². The van der Waals surface area contributed by atoms with E-state index in [1.165, 1.54) is 0 Å². The van der Waals surface area contributed by atoms with Gasteiger partial charge in [-0.15, -0.1) is 0 Å². The third-order valence-electron chi connectivity index (χ3n) is 2.79. The number of nitrogens with zero attached hydrogens (tertiary/aromatic N) is 2. The van der Waals surface area contributed by atoms with Crippen molar-refractivity contribution in [3.8, 4) is 0 Å². The number of ether oxygens (including phenoxy) is 1. The van der Waals surface area contributed by atoms with Crippen LogP contribution in [0.4, 0.5) is 5.95 Å². The van der Waals surface area contributed by atoms with E-state index in [2.05, 4.69) is 11.9 Å². The SMILES string of the molecule is CCCCOCCn1c(N)nc2ccccc21. The number of unbranched alkanes of at least 4 members (excludes halogenated alkanes) is 1. The van der Waals surface area contributed by atoms with Crippen LogP contribution in [0.5, 0.6) is 0 Å². The minimum absolute atomic E-state index is 0.560. The van der Waals surface area contributed by atoms with Gasteiger partial charge in [-0.2, -0.15) is 0 Å². The summed E-state index contributed by atoms with van der Waals surface area (Å²) < 4.78 is 7.55. The maximum absolute atomic E-state index is 5.89. The Morgan fingerprint density at radius 2 is 2.12 bits per heavy atom. The van der Waals surface area contributed by atoms with Crippen molar-refractivity contribution in [1.82, 2.24) is 9.55 Å². The van der Waals surface area contributed by atoms with Crippen LogP contribution in [0.3, 0.4) is 0 Å². The molecule has 4 heteroatoms. The molecule has 0 radical (unpaired) electrons. The number of anilines is 1. The van der Waals surface area contributed by atoms with E-state index in [4.69, 9.17) is 10.5 Å². The van der Waals surface area contributed by atoms with Crippen molar-refractivity contribution in [1.29, 1.82) is 0 Å². The minimum Gasteiger partial charge on any atom is -0.380 e. The van der Waals surface area contributed by atoms with Crippen LogP contribution in [-0.4, -0.2) is 22.8 Å². The lowest BCUT2D eigenvalue weighted by Crippen LogP contribution is -2.09. The first-order chi connectivity index (χ1) is 8.33. The summed E-state index contributed by atoms with van der Waals surface area (Å²) in [5, 5.41) is 0. The zero-order chi connectivity index (χ0) is 12.1. The highest BCUT2D eigenvalue weighted by Crippen LogP contribution is 2.16. The standard InChI is InChI=1S/C13H19N3O/c1-2-3-9-17-10-8-16-12-7-5-4-6-11(12)15-13(16)14/h4-7H,2-3,8-10H2,1H3,(H2,14,15). The van der Waals surface area contributed by atoms with E-state index in [1.54, 1.807) is 0 Å². The molecule has 0 aliphatic rings. The average molecular weight is 233 g/mol. The van der Waals surface area contributed by atoms with Crippen molar-refractivity contribution in [3.63, 3.8) is 0 Å². The molecule has 1 aromatic carbocycles. The molecular formula is C13H19N3O. The molecule has 0 saturated heterocycles. The molecule has 92 valence electrons. The molecule has 0 spiro atoms. The fourth-order valence-corrected chi connectivity index (χ4v) is 1.83. The molecule has 4 nitrogen and oxygen atoms in total. The molecule has 0 atom stereocenters. The average Bonchev–Trinajstić information content (AvgIpc) is 2.65. The number of nitrogen functional groups attached to an aromatic ring is 1. The van der Waals surface area contributed by atoms with Gasteiger partial charge in [-0.1, -0.05) is 25.5 Å². The molecule has 0 saturated carbocycles. The monoisotopic (exact) mass is 233 g/mol. The summed E-state index contributed by atoms with van der Waals surface area (Å²) in [6.07, 6.45) is 2.27. The van der Waals surface area contributed by atoms with Crippen molar-refractivity contribution in [3.05, 3.63) is 24.3 Å². The lowest BCUT2D eigenvalue weighted by Gasteiger charge is -2.07. The van der Waals surface area contributed by atoms with Gasteiger partial charge in [-0.05, 0) is 18.6 Å². The van der Waals surface area contributed by atoms with Crippen LogP contribution >= 0.6 is 0 Å². The Bertz CT molecular complexity index is 478. The van der Waals surface area contributed by atoms with Gasteiger partial charge in [0, 0.05) is 13.2 Å². The van der Waals surface area contributed by atoms with Crippen molar-refractivity contribution in [2.24, 2.45) is 0 Å². The lowest BCUT2D eigenvalue weighted by molar-refractivity contribution is 0.124. The van der Waals surface area contributed by atoms with Crippen molar-refractivity contribution in [2.75, 3.05) is 18.9 Å². The molecule has 1 aromatic heterocycles. The van der Waals surface area contributed by atoms with Gasteiger partial charge in [-0.3, -0.25) is 0 Å². The predicted molar refractivity (Wildman–Crippen MR) is 69.9 cm³/mol. The van der Waals surface area contributed by atoms with Crippen LogP contribution in [0.15, 0.2) is 24.3 Å². The van der Waals surface area contributed by atoms with Gasteiger partial charge in [0.25, 0.3) is 0 Å². The number of imidazole rings is 1. The molecule has 0 aliphatic heterocycles. The zero-order valence-corrected chi connectivity index (χ0v) is 10.2. The number of benzene rings is 1. The van der Waals surface area contributed by atoms with Crippen LogP contribution in [-0.2, 0) is 11.3 Å². The molecule has 1 heterocycles. The largest absolute Gasteiger partial charge is 0.380 e. The third kappa shape index (κ3) is 2.77. The first-order valence-electron chi connectivity index (χ1n) is 6.11. The maximum atomic E-state index is 5.89. The van der Waals surface area contributed by atoms with Gasteiger partial charge in [-0.25, -0.2) is 4.98 Å². The topological polar surface area (TPSA) is 53.1 Å². The summed E-state index contributed by atoms with van der Waals surface area (Å²) >= 11 is 0. The molecule has 0 fully saturated rings. The number of aromatic nitrogens is 2. The number of fused-ring (bicyclic) bond motifs is 1. The van der Waals surface area contributed by atoms with E-state index < -0.39 is 0 Å². The normalized spacial score (nSPS) is 11.1. The Hall–Kier alpha value is -1.55. The second-order valence-corrected chi connectivity index (χ2v) is 4.08. The molecular weight excluding hydrogens is 214 g/mol. The number of hydrogen-bond donors (Lipinski definition) is 1. The second kappa shape index (κ2) is 5.68. The van der Waals surface area contributed by atoms with Crippen LogP contribution in [0.25, 0.3) is 11.0 Å². The number of rotatable bonds is 6. The minimum atomic E-state index is 0.560. The van der Waals surface area contributed by atoms with Crippen molar-refractivity contribution < 1.29 is 4.74 Å². The Morgan fingerprint density at radius 3 is 2.94 bits per heavy atom. The summed E-state index contributed by atoms with van der Waals surface area (Å²) in [6, 6.07) is 7.97. The first kappa shape index (κ1) is 11.9. The van der Waals surface area contributed by atoms with Gasteiger partial charge >= 0.3 is 0 Å². The van der Waals surface area contributed by atoms with E-state index in [1.807, 2.05) is 28.8 Å². The molecule has 0 bridgehead atoms. The lowest BCUT2D eigenvalue weighted by atomic mass is 10.3. The van der Waals surface area contributed by atoms with Crippen LogP contribution < -0.4 is 5.73 Å². The Labute approximate surface area is 101 Å². The molecule has 2 N–H and O–H groups in total. The fourth-order valence-electron chi connectivity index (χ4n) is 1.83. The van der Waals surface area contributed by atoms with Crippen LogP contribution in [0.2, 0.25) is 0 Å². The quantitative estimate of drug-likeness (QED) is 0.780. The van der Waals surface area contributed by atoms with E-state index >= 15 is 0 Å². The summed E-state index contributed by atoms with van der Waals surface area (Å²) in [7, 11) is 0. The molecule has 0 aliphatic carbocycles. The highest BCUT2D eigenvalue weighted by Gasteiger charge is 2.06. The summed E-state index contributed by atoms with van der Waals surface area (Å²) in [5.74, 6) is 0.560. The number of para-hydroxylation sites is 2. The van der Waals surface area contributed by atoms with Gasteiger partial charge in [0.15, 0.2) is 0 Å². The number of nitrogens with two attached hydrogens (primary N) is 1. The Kier molecular flexibility index (Phi) is 3.98. The number of hydrogen-bond acceptors (Lipinski definition) is 3. The Morgan fingerprint density at radius 1 is 1.29 bits per heavy atom. The smallest absolute Gasteiger partial charge is 0.201 e. The van der Waals surface area contributed by atoms with Crippen LogP contribution in [0.1, 0.15) is 19.8 Å². The van der Waals surface area contributed by atoms with E-state index in [0.717, 1.165) is 37.0 Å². The van der Waals surface area contributed by atoms with Gasteiger partial charge in [0.2, 0.25) is 5.95 Å². The first-order valence-corrected chi connectivity index (χ1v) is 6.11. The summed E-state index contributed by atoms with van der Waals surface area (Å²) in [4.78, 5) is 4.31. The van der Waals surface area contributed by atoms with Crippen LogP contribution in [0, 0.1) is 0 Å². The third-order valence-corrected chi connectivity index (χ3v) is 2.79.